The van der Waals surface area contributed by atoms with E-state index in [0.717, 1.165) is 19.4 Å². The molecule has 0 bridgehead atoms. The van der Waals surface area contributed by atoms with Gasteiger partial charge in [0.2, 0.25) is 0 Å². The molecule has 0 saturated heterocycles. The molecule has 19 heavy (non-hydrogen) atoms. The molecule has 1 nitrogen and oxygen atoms in total. The van der Waals surface area contributed by atoms with Crippen molar-refractivity contribution in [1.82, 2.24) is 5.32 Å². The Bertz CT molecular complexity index is 248. The lowest BCUT2D eigenvalue weighted by Gasteiger charge is -2.35. The molecule has 1 fully saturated rings. The highest BCUT2D eigenvalue weighted by atomic mass is 32.2. The third-order valence-corrected chi connectivity index (χ3v) is 6.21. The Labute approximate surface area is 119 Å². The van der Waals surface area contributed by atoms with Gasteiger partial charge >= 0.3 is 6.18 Å². The molecule has 0 aromatic carbocycles. The van der Waals surface area contributed by atoms with Crippen molar-refractivity contribution in [2.24, 2.45) is 5.92 Å². The summed E-state index contributed by atoms with van der Waals surface area (Å²) in [5.74, 6) is -1.08. The van der Waals surface area contributed by atoms with Crippen molar-refractivity contribution in [1.29, 1.82) is 0 Å². The summed E-state index contributed by atoms with van der Waals surface area (Å²) in [7, 11) is 0. The van der Waals surface area contributed by atoms with Gasteiger partial charge in [0, 0.05) is 17.3 Å². The zero-order valence-electron chi connectivity index (χ0n) is 12.1. The SMILES string of the molecule is CCC(CC)(CNC1CCC(C(F)(F)F)CC1)SC. The summed E-state index contributed by atoms with van der Waals surface area (Å²) in [6.45, 7) is 5.27. The van der Waals surface area contributed by atoms with Crippen LogP contribution in [0.3, 0.4) is 0 Å². The second-order valence-corrected chi connectivity index (χ2v) is 6.84. The van der Waals surface area contributed by atoms with Crippen LogP contribution in [0.5, 0.6) is 0 Å². The Morgan fingerprint density at radius 2 is 1.58 bits per heavy atom. The molecule has 0 spiro atoms. The minimum absolute atomic E-state index is 0.237. The first kappa shape index (κ1) is 17.2. The first-order chi connectivity index (χ1) is 8.87. The number of alkyl halides is 3. The Balaban J connectivity index is 2.37. The number of thioether (sulfide) groups is 1. The highest BCUT2D eigenvalue weighted by Gasteiger charge is 2.41. The highest BCUT2D eigenvalue weighted by molar-refractivity contribution is 8.00. The van der Waals surface area contributed by atoms with Gasteiger partial charge < -0.3 is 5.32 Å². The summed E-state index contributed by atoms with van der Waals surface area (Å²) >= 11 is 1.87. The van der Waals surface area contributed by atoms with Crippen molar-refractivity contribution in [3.63, 3.8) is 0 Å². The van der Waals surface area contributed by atoms with E-state index in [1.807, 2.05) is 11.8 Å². The largest absolute Gasteiger partial charge is 0.391 e. The topological polar surface area (TPSA) is 12.0 Å². The monoisotopic (exact) mass is 297 g/mol. The van der Waals surface area contributed by atoms with Crippen LogP contribution >= 0.6 is 11.8 Å². The van der Waals surface area contributed by atoms with E-state index in [1.54, 1.807) is 0 Å². The van der Waals surface area contributed by atoms with Crippen LogP contribution in [-0.4, -0.2) is 29.8 Å². The highest BCUT2D eigenvalue weighted by Crippen LogP contribution is 2.38. The average molecular weight is 297 g/mol. The fraction of sp³-hybridized carbons (Fsp3) is 1.00. The summed E-state index contributed by atoms with van der Waals surface area (Å²) < 4.78 is 38.0. The Morgan fingerprint density at radius 1 is 1.05 bits per heavy atom. The number of halogens is 3. The van der Waals surface area contributed by atoms with E-state index in [2.05, 4.69) is 25.4 Å². The summed E-state index contributed by atoms with van der Waals surface area (Å²) in [5.41, 5.74) is 0. The van der Waals surface area contributed by atoms with Gasteiger partial charge in [-0.2, -0.15) is 24.9 Å². The summed E-state index contributed by atoms with van der Waals surface area (Å²) in [4.78, 5) is 0. The fourth-order valence-electron chi connectivity index (χ4n) is 2.82. The average Bonchev–Trinajstić information content (AvgIpc) is 2.40. The van der Waals surface area contributed by atoms with Crippen LogP contribution in [0.2, 0.25) is 0 Å². The number of nitrogens with one attached hydrogen (secondary N) is 1. The molecule has 1 rings (SSSR count). The summed E-state index contributed by atoms with van der Waals surface area (Å²) in [6, 6.07) is 0.267. The lowest BCUT2D eigenvalue weighted by Crippen LogP contribution is -2.44. The predicted molar refractivity (Wildman–Crippen MR) is 76.6 cm³/mol. The molecule has 0 unspecified atom stereocenters. The molecular weight excluding hydrogens is 271 g/mol. The minimum atomic E-state index is -4.00. The van der Waals surface area contributed by atoms with E-state index in [1.165, 1.54) is 0 Å². The van der Waals surface area contributed by atoms with Gasteiger partial charge in [-0.25, -0.2) is 0 Å². The third-order valence-electron chi connectivity index (χ3n) is 4.62. The molecule has 0 aromatic heterocycles. The molecule has 0 atom stereocenters. The van der Waals surface area contributed by atoms with E-state index in [-0.39, 0.29) is 23.6 Å². The lowest BCUT2D eigenvalue weighted by molar-refractivity contribution is -0.182. The van der Waals surface area contributed by atoms with Gasteiger partial charge in [0.05, 0.1) is 5.92 Å². The maximum absolute atomic E-state index is 12.6. The molecule has 1 aliphatic rings. The number of hydrogen-bond acceptors (Lipinski definition) is 2. The zero-order chi connectivity index (χ0) is 14.5. The fourth-order valence-corrected chi connectivity index (χ4v) is 3.62. The van der Waals surface area contributed by atoms with Crippen molar-refractivity contribution < 1.29 is 13.2 Å². The summed E-state index contributed by atoms with van der Waals surface area (Å²) in [5, 5.41) is 3.50. The second-order valence-electron chi connectivity index (χ2n) is 5.57. The molecule has 1 saturated carbocycles. The number of rotatable bonds is 6. The normalized spacial score (nSPS) is 25.6. The van der Waals surface area contributed by atoms with Gasteiger partial charge in [0.15, 0.2) is 0 Å². The smallest absolute Gasteiger partial charge is 0.313 e. The van der Waals surface area contributed by atoms with Gasteiger partial charge in [-0.05, 0) is 44.8 Å². The quantitative estimate of drug-likeness (QED) is 0.768. The zero-order valence-corrected chi connectivity index (χ0v) is 13.0. The Morgan fingerprint density at radius 3 is 1.95 bits per heavy atom. The molecule has 114 valence electrons. The van der Waals surface area contributed by atoms with Crippen LogP contribution in [0.15, 0.2) is 0 Å². The second kappa shape index (κ2) is 7.21. The van der Waals surface area contributed by atoms with Gasteiger partial charge in [-0.1, -0.05) is 13.8 Å². The van der Waals surface area contributed by atoms with Crippen LogP contribution < -0.4 is 5.32 Å². The molecule has 0 aliphatic heterocycles. The maximum Gasteiger partial charge on any atom is 0.391 e. The first-order valence-corrected chi connectivity index (χ1v) is 8.44. The lowest BCUT2D eigenvalue weighted by atomic mass is 9.85. The van der Waals surface area contributed by atoms with Crippen LogP contribution in [0.4, 0.5) is 13.2 Å². The van der Waals surface area contributed by atoms with Crippen LogP contribution in [0.25, 0.3) is 0 Å². The van der Waals surface area contributed by atoms with Gasteiger partial charge in [-0.3, -0.25) is 0 Å². The third kappa shape index (κ3) is 4.85. The minimum Gasteiger partial charge on any atom is -0.313 e. The Kier molecular flexibility index (Phi) is 6.51. The standard InChI is InChI=1S/C14H26F3NS/c1-4-13(5-2,19-3)10-18-12-8-6-11(7-9-12)14(15,16)17/h11-12,18H,4-10H2,1-3H3. The first-order valence-electron chi connectivity index (χ1n) is 7.22. The molecule has 1 N–H and O–H groups in total. The van der Waals surface area contributed by atoms with E-state index in [0.29, 0.717) is 12.8 Å². The van der Waals surface area contributed by atoms with Crippen molar-refractivity contribution in [2.45, 2.75) is 69.3 Å². The van der Waals surface area contributed by atoms with Gasteiger partial charge in [0.1, 0.15) is 0 Å². The number of hydrogen-bond donors (Lipinski definition) is 1. The maximum atomic E-state index is 12.6. The molecule has 0 aromatic rings. The van der Waals surface area contributed by atoms with Gasteiger partial charge in [0.25, 0.3) is 0 Å². The van der Waals surface area contributed by atoms with Crippen molar-refractivity contribution in [2.75, 3.05) is 12.8 Å². The van der Waals surface area contributed by atoms with Crippen LogP contribution in [0, 0.1) is 5.92 Å². The molecule has 5 heteroatoms. The molecule has 0 radical (unpaired) electrons. The van der Waals surface area contributed by atoms with Crippen molar-refractivity contribution >= 4 is 11.8 Å². The van der Waals surface area contributed by atoms with E-state index in [9.17, 15) is 13.2 Å². The molecule has 0 heterocycles. The molecular formula is C14H26F3NS. The summed E-state index contributed by atoms with van der Waals surface area (Å²) in [6.07, 6.45) is 2.18. The molecule has 0 amide bonds. The Hall–Kier alpha value is 0.100. The van der Waals surface area contributed by atoms with E-state index >= 15 is 0 Å². The van der Waals surface area contributed by atoms with E-state index in [4.69, 9.17) is 0 Å². The predicted octanol–water partition coefficient (Wildman–Crippen LogP) is 4.62. The van der Waals surface area contributed by atoms with E-state index < -0.39 is 12.1 Å². The van der Waals surface area contributed by atoms with Gasteiger partial charge in [-0.15, -0.1) is 0 Å². The molecule has 1 aliphatic carbocycles. The van der Waals surface area contributed by atoms with Crippen molar-refractivity contribution in [3.8, 4) is 0 Å². The van der Waals surface area contributed by atoms with Crippen LogP contribution in [0.1, 0.15) is 52.4 Å². The van der Waals surface area contributed by atoms with Crippen LogP contribution in [-0.2, 0) is 0 Å². The van der Waals surface area contributed by atoms with Crippen molar-refractivity contribution in [3.05, 3.63) is 0 Å².